The molecule has 102 valence electrons. The Bertz CT molecular complexity index is 518. The molecule has 8 heteroatoms. The van der Waals surface area contributed by atoms with E-state index in [2.05, 4.69) is 30.6 Å². The molecule has 0 amide bonds. The predicted octanol–water partition coefficient (Wildman–Crippen LogP) is 1.94. The second kappa shape index (κ2) is 6.28. The van der Waals surface area contributed by atoms with Gasteiger partial charge >= 0.3 is 6.01 Å². The van der Waals surface area contributed by atoms with Crippen LogP contribution in [0.2, 0.25) is 0 Å². The average Bonchev–Trinajstić information content (AvgIpc) is 2.92. The number of aromatic nitrogens is 4. The number of hydrogen-bond donors (Lipinski definition) is 2. The number of nitrogens with one attached hydrogen (secondary N) is 2. The van der Waals surface area contributed by atoms with Crippen molar-refractivity contribution in [3.63, 3.8) is 0 Å². The first-order valence-electron chi connectivity index (χ1n) is 5.95. The van der Waals surface area contributed by atoms with Gasteiger partial charge in [-0.05, 0) is 13.8 Å². The summed E-state index contributed by atoms with van der Waals surface area (Å²) in [6.45, 7) is 4.39. The second-order valence-electron chi connectivity index (χ2n) is 3.68. The van der Waals surface area contributed by atoms with Crippen molar-refractivity contribution in [3.05, 3.63) is 16.6 Å². The van der Waals surface area contributed by atoms with Crippen LogP contribution in [0.5, 0.6) is 6.01 Å². The Morgan fingerprint density at radius 1 is 1.32 bits per heavy atom. The van der Waals surface area contributed by atoms with Crippen molar-refractivity contribution < 1.29 is 4.74 Å². The van der Waals surface area contributed by atoms with Gasteiger partial charge < -0.3 is 15.4 Å². The van der Waals surface area contributed by atoms with E-state index in [0.29, 0.717) is 24.5 Å². The first-order valence-corrected chi connectivity index (χ1v) is 6.83. The zero-order valence-electron chi connectivity index (χ0n) is 11.0. The molecule has 0 bridgehead atoms. The van der Waals surface area contributed by atoms with E-state index < -0.39 is 0 Å². The lowest BCUT2D eigenvalue weighted by molar-refractivity contribution is 0.312. The topological polar surface area (TPSA) is 84.9 Å². The second-order valence-corrected chi connectivity index (χ2v) is 4.61. The van der Waals surface area contributed by atoms with Crippen LogP contribution in [0.25, 0.3) is 0 Å². The monoisotopic (exact) mass is 280 g/mol. The molecular weight excluding hydrogens is 264 g/mol. The number of anilines is 2. The third-order valence-electron chi connectivity index (χ3n) is 2.28. The van der Waals surface area contributed by atoms with Gasteiger partial charge in [0.05, 0.1) is 12.6 Å². The summed E-state index contributed by atoms with van der Waals surface area (Å²) in [6.07, 6.45) is 1.77. The first-order chi connectivity index (χ1) is 9.22. The third-order valence-corrected chi connectivity index (χ3v) is 3.24. The van der Waals surface area contributed by atoms with E-state index in [0.717, 1.165) is 5.01 Å². The molecule has 0 aliphatic heterocycles. The van der Waals surface area contributed by atoms with Crippen molar-refractivity contribution in [3.8, 4) is 6.01 Å². The van der Waals surface area contributed by atoms with Gasteiger partial charge in [0, 0.05) is 18.6 Å². The zero-order chi connectivity index (χ0) is 13.7. The number of rotatable bonds is 6. The van der Waals surface area contributed by atoms with Crippen molar-refractivity contribution in [2.45, 2.75) is 19.9 Å². The summed E-state index contributed by atoms with van der Waals surface area (Å²) in [5.41, 5.74) is 0. The van der Waals surface area contributed by atoms with Gasteiger partial charge in [-0.15, -0.1) is 11.3 Å². The quantitative estimate of drug-likeness (QED) is 0.836. The van der Waals surface area contributed by atoms with E-state index in [9.17, 15) is 0 Å². The molecule has 2 N–H and O–H groups in total. The molecule has 2 aromatic rings. The molecule has 0 radical (unpaired) electrons. The standard InChI is InChI=1S/C11H16N6OS/c1-4-18-11-16-9(12-3)15-10(17-11)14-7(2)8-13-5-6-19-8/h5-7H,4H2,1-3H3,(H2,12,14,15,16,17). The highest BCUT2D eigenvalue weighted by molar-refractivity contribution is 7.09. The van der Waals surface area contributed by atoms with E-state index in [4.69, 9.17) is 4.74 Å². The Balaban J connectivity index is 2.16. The van der Waals surface area contributed by atoms with Crippen molar-refractivity contribution >= 4 is 23.2 Å². The van der Waals surface area contributed by atoms with Crippen LogP contribution in [0.1, 0.15) is 24.9 Å². The van der Waals surface area contributed by atoms with Crippen LogP contribution >= 0.6 is 11.3 Å². The summed E-state index contributed by atoms with van der Waals surface area (Å²) >= 11 is 1.58. The van der Waals surface area contributed by atoms with Crippen LogP contribution in [0, 0.1) is 0 Å². The summed E-state index contributed by atoms with van der Waals surface area (Å²) in [5, 5.41) is 8.97. The summed E-state index contributed by atoms with van der Waals surface area (Å²) in [5.74, 6) is 0.929. The molecule has 1 atom stereocenters. The number of thiazole rings is 1. The lowest BCUT2D eigenvalue weighted by Crippen LogP contribution is -2.12. The molecule has 2 rings (SSSR count). The molecule has 0 fully saturated rings. The van der Waals surface area contributed by atoms with Crippen molar-refractivity contribution in [2.24, 2.45) is 0 Å². The van der Waals surface area contributed by atoms with Crippen LogP contribution in [0.3, 0.4) is 0 Å². The van der Waals surface area contributed by atoms with E-state index in [-0.39, 0.29) is 6.04 Å². The lowest BCUT2D eigenvalue weighted by Gasteiger charge is -2.12. The molecule has 1 unspecified atom stereocenters. The fraction of sp³-hybridized carbons (Fsp3) is 0.455. The molecular formula is C11H16N6OS. The maximum absolute atomic E-state index is 5.31. The molecule has 0 spiro atoms. The third kappa shape index (κ3) is 3.50. The highest BCUT2D eigenvalue weighted by Crippen LogP contribution is 2.20. The van der Waals surface area contributed by atoms with Gasteiger partial charge in [0.2, 0.25) is 11.9 Å². The maximum Gasteiger partial charge on any atom is 0.323 e. The van der Waals surface area contributed by atoms with Gasteiger partial charge in [-0.3, -0.25) is 0 Å². The van der Waals surface area contributed by atoms with Crippen molar-refractivity contribution in [1.82, 2.24) is 19.9 Å². The van der Waals surface area contributed by atoms with Crippen LogP contribution in [0.4, 0.5) is 11.9 Å². The van der Waals surface area contributed by atoms with Crippen molar-refractivity contribution in [2.75, 3.05) is 24.3 Å². The Labute approximate surface area is 115 Å². The average molecular weight is 280 g/mol. The molecule has 7 nitrogen and oxygen atoms in total. The SMILES string of the molecule is CCOc1nc(NC)nc(NC(C)c2nccs2)n1. The predicted molar refractivity (Wildman–Crippen MR) is 74.7 cm³/mol. The molecule has 2 aromatic heterocycles. The van der Waals surface area contributed by atoms with Gasteiger partial charge in [0.15, 0.2) is 0 Å². The van der Waals surface area contributed by atoms with Crippen LogP contribution in [-0.2, 0) is 0 Å². The Kier molecular flexibility index (Phi) is 4.45. The molecule has 0 aliphatic carbocycles. The zero-order valence-corrected chi connectivity index (χ0v) is 11.9. The number of nitrogens with zero attached hydrogens (tertiary/aromatic N) is 4. The minimum atomic E-state index is 0.0292. The Morgan fingerprint density at radius 3 is 2.74 bits per heavy atom. The van der Waals surface area contributed by atoms with Gasteiger partial charge in [0.25, 0.3) is 0 Å². The molecule has 0 saturated heterocycles. The fourth-order valence-electron chi connectivity index (χ4n) is 1.43. The van der Waals surface area contributed by atoms with Gasteiger partial charge in [0.1, 0.15) is 5.01 Å². The van der Waals surface area contributed by atoms with Crippen LogP contribution in [0.15, 0.2) is 11.6 Å². The fourth-order valence-corrected chi connectivity index (χ4v) is 2.08. The summed E-state index contributed by atoms with van der Waals surface area (Å²) < 4.78 is 5.31. The van der Waals surface area contributed by atoms with E-state index >= 15 is 0 Å². The number of ether oxygens (including phenoxy) is 1. The summed E-state index contributed by atoms with van der Waals surface area (Å²) in [7, 11) is 1.75. The minimum Gasteiger partial charge on any atom is -0.464 e. The molecule has 2 heterocycles. The van der Waals surface area contributed by atoms with E-state index in [1.54, 1.807) is 24.6 Å². The van der Waals surface area contributed by atoms with Crippen molar-refractivity contribution in [1.29, 1.82) is 0 Å². The lowest BCUT2D eigenvalue weighted by atomic mass is 10.4. The maximum atomic E-state index is 5.31. The molecule has 0 aromatic carbocycles. The van der Waals surface area contributed by atoms with Crippen LogP contribution in [-0.4, -0.2) is 33.6 Å². The largest absolute Gasteiger partial charge is 0.464 e. The minimum absolute atomic E-state index is 0.0292. The van der Waals surface area contributed by atoms with E-state index in [1.165, 1.54) is 0 Å². The molecule has 0 saturated carbocycles. The first kappa shape index (κ1) is 13.5. The highest BCUT2D eigenvalue weighted by Gasteiger charge is 2.12. The Morgan fingerprint density at radius 2 is 2.11 bits per heavy atom. The molecule has 19 heavy (non-hydrogen) atoms. The molecule has 0 aliphatic rings. The van der Waals surface area contributed by atoms with Gasteiger partial charge in [-0.2, -0.15) is 15.0 Å². The smallest absolute Gasteiger partial charge is 0.323 e. The number of hydrogen-bond acceptors (Lipinski definition) is 8. The van der Waals surface area contributed by atoms with Gasteiger partial charge in [-0.1, -0.05) is 0 Å². The highest BCUT2D eigenvalue weighted by atomic mass is 32.1. The van der Waals surface area contributed by atoms with E-state index in [1.807, 2.05) is 19.2 Å². The Hall–Kier alpha value is -1.96. The summed E-state index contributed by atoms with van der Waals surface area (Å²) in [6, 6.07) is 0.331. The van der Waals surface area contributed by atoms with Crippen LogP contribution < -0.4 is 15.4 Å². The normalized spacial score (nSPS) is 11.9. The van der Waals surface area contributed by atoms with Gasteiger partial charge in [-0.25, -0.2) is 4.98 Å². The summed E-state index contributed by atoms with van der Waals surface area (Å²) in [4.78, 5) is 16.8.